The lowest BCUT2D eigenvalue weighted by Crippen LogP contribution is -2.45. The number of aliphatic carboxylic acids is 1. The minimum atomic E-state index is -1.04. The topological polar surface area (TPSA) is 135 Å². The number of benzene rings is 1. The first-order valence-electron chi connectivity index (χ1n) is 17.1. The number of hydrogen-bond donors (Lipinski definition) is 3. The second-order valence-electron chi connectivity index (χ2n) is 13.3. The van der Waals surface area contributed by atoms with Gasteiger partial charge >= 0.3 is 5.97 Å². The number of carboxylic acids is 1. The number of rotatable bonds is 22. The Morgan fingerprint density at radius 3 is 2.30 bits per heavy atom. The van der Waals surface area contributed by atoms with Crippen LogP contribution in [0.5, 0.6) is 0 Å². The van der Waals surface area contributed by atoms with Crippen molar-refractivity contribution < 1.29 is 24.2 Å². The van der Waals surface area contributed by atoms with Gasteiger partial charge in [-0.25, -0.2) is 4.98 Å². The summed E-state index contributed by atoms with van der Waals surface area (Å²) in [6, 6.07) is 6.92. The van der Waals surface area contributed by atoms with Crippen LogP contribution >= 0.6 is 11.3 Å². The van der Waals surface area contributed by atoms with Gasteiger partial charge in [0.15, 0.2) is 0 Å². The van der Waals surface area contributed by atoms with Crippen LogP contribution in [0.2, 0.25) is 0 Å². The van der Waals surface area contributed by atoms with Crippen LogP contribution in [0.15, 0.2) is 29.6 Å². The van der Waals surface area contributed by atoms with Gasteiger partial charge in [-0.3, -0.25) is 14.4 Å². The summed E-state index contributed by atoms with van der Waals surface area (Å²) in [6.07, 6.45) is 7.70. The molecule has 258 valence electrons. The van der Waals surface area contributed by atoms with Crippen molar-refractivity contribution in [3.8, 4) is 0 Å². The average Bonchev–Trinajstić information content (AvgIpc) is 3.50. The number of nitrogens with two attached hydrogens (primary N) is 1. The number of nitrogen functional groups attached to an aromatic ring is 1. The molecule has 0 aliphatic carbocycles. The van der Waals surface area contributed by atoms with Crippen molar-refractivity contribution in [3.63, 3.8) is 0 Å². The number of anilines is 1. The number of thiazole rings is 1. The Bertz CT molecular complexity index is 1210. The summed E-state index contributed by atoms with van der Waals surface area (Å²) < 4.78 is 6.22. The molecule has 1 aromatic heterocycles. The molecular formula is C36H58N4O5S. The third-order valence-corrected chi connectivity index (χ3v) is 9.41. The fraction of sp³-hybridized carbons (Fsp3) is 0.667. The van der Waals surface area contributed by atoms with E-state index in [9.17, 15) is 19.5 Å². The number of nitrogens with one attached hydrogen (secondary N) is 1. The van der Waals surface area contributed by atoms with E-state index in [1.165, 1.54) is 11.3 Å². The molecular weight excluding hydrogens is 600 g/mol. The maximum atomic E-state index is 13.5. The minimum absolute atomic E-state index is 0.0220. The summed E-state index contributed by atoms with van der Waals surface area (Å²) >= 11 is 1.38. The highest BCUT2D eigenvalue weighted by Crippen LogP contribution is 2.31. The maximum Gasteiger partial charge on any atom is 0.309 e. The van der Waals surface area contributed by atoms with Crippen molar-refractivity contribution in [1.82, 2.24) is 15.2 Å². The van der Waals surface area contributed by atoms with Gasteiger partial charge in [-0.1, -0.05) is 65.5 Å². The van der Waals surface area contributed by atoms with Crippen LogP contribution in [-0.4, -0.2) is 58.0 Å². The number of hydrogen-bond acceptors (Lipinski definition) is 7. The Hall–Kier alpha value is -2.98. The molecule has 4 N–H and O–H groups in total. The molecule has 46 heavy (non-hydrogen) atoms. The lowest BCUT2D eigenvalue weighted by Gasteiger charge is -2.36. The zero-order chi connectivity index (χ0) is 34.3. The number of carbonyl (C=O) groups excluding carboxylic acids is 2. The Labute approximate surface area is 280 Å². The van der Waals surface area contributed by atoms with Gasteiger partial charge in [-0.05, 0) is 70.1 Å². The van der Waals surface area contributed by atoms with Gasteiger partial charge in [0.05, 0.1) is 5.41 Å². The summed E-state index contributed by atoms with van der Waals surface area (Å²) in [4.78, 5) is 45.7. The number of carbonyl (C=O) groups is 3. The van der Waals surface area contributed by atoms with Gasteiger partial charge in [0.2, 0.25) is 5.91 Å². The van der Waals surface area contributed by atoms with Gasteiger partial charge < -0.3 is 25.8 Å². The van der Waals surface area contributed by atoms with E-state index in [1.807, 2.05) is 19.1 Å². The van der Waals surface area contributed by atoms with Crippen molar-refractivity contribution >= 4 is 34.8 Å². The molecule has 0 fully saturated rings. The second-order valence-corrected chi connectivity index (χ2v) is 14.2. The third kappa shape index (κ3) is 12.7. The van der Waals surface area contributed by atoms with E-state index in [0.717, 1.165) is 50.6 Å². The van der Waals surface area contributed by atoms with Crippen LogP contribution in [0.3, 0.4) is 0 Å². The summed E-state index contributed by atoms with van der Waals surface area (Å²) in [6.45, 7) is 15.1. The summed E-state index contributed by atoms with van der Waals surface area (Å²) in [5, 5.41) is 15.3. The summed E-state index contributed by atoms with van der Waals surface area (Å²) in [7, 11) is 0. The highest BCUT2D eigenvalue weighted by atomic mass is 32.1. The van der Waals surface area contributed by atoms with Gasteiger partial charge in [-0.2, -0.15) is 0 Å². The molecule has 0 aliphatic rings. The molecule has 0 saturated carbocycles. The van der Waals surface area contributed by atoms with E-state index in [4.69, 9.17) is 15.5 Å². The standard InChI is InChI=1S/C36H58N4O5S/c1-8-11-13-14-20-40(32(41)15-12-9-2)30(25(4)5)22-31(45-10-3)34-39-29(24-46-34)33(42)38-28(23-36(6,7)35(43)44)21-26-16-18-27(37)19-17-26/h16-19,24-25,28,30-31H,8-15,20-23,37H2,1-7H3,(H,38,42)(H,43,44)/t28-,30+,31+/m0/s1. The molecule has 2 amide bonds. The van der Waals surface area contributed by atoms with Gasteiger partial charge in [0, 0.05) is 49.1 Å². The molecule has 10 heteroatoms. The number of amides is 2. The van der Waals surface area contributed by atoms with Crippen LogP contribution in [0.1, 0.15) is 133 Å². The fourth-order valence-electron chi connectivity index (χ4n) is 5.69. The fourth-order valence-corrected chi connectivity index (χ4v) is 6.55. The Kier molecular flexibility index (Phi) is 16.7. The van der Waals surface area contributed by atoms with Crippen molar-refractivity contribution in [1.29, 1.82) is 0 Å². The average molecular weight is 659 g/mol. The van der Waals surface area contributed by atoms with E-state index < -0.39 is 17.4 Å². The normalized spacial score (nSPS) is 13.7. The first-order chi connectivity index (χ1) is 21.8. The van der Waals surface area contributed by atoms with Gasteiger partial charge in [0.1, 0.15) is 16.8 Å². The van der Waals surface area contributed by atoms with Gasteiger partial charge in [-0.15, -0.1) is 11.3 Å². The molecule has 2 aromatic rings. The molecule has 1 aromatic carbocycles. The summed E-state index contributed by atoms with van der Waals surface area (Å²) in [5.74, 6) is -0.865. The van der Waals surface area contributed by atoms with E-state index in [2.05, 4.69) is 37.9 Å². The van der Waals surface area contributed by atoms with E-state index in [1.54, 1.807) is 31.4 Å². The molecule has 0 radical (unpaired) electrons. The molecule has 9 nitrogen and oxygen atoms in total. The monoisotopic (exact) mass is 658 g/mol. The first kappa shape index (κ1) is 39.2. The number of carboxylic acid groups (broad SMARTS) is 1. The smallest absolute Gasteiger partial charge is 0.309 e. The zero-order valence-corrected chi connectivity index (χ0v) is 30.0. The largest absolute Gasteiger partial charge is 0.481 e. The maximum absolute atomic E-state index is 13.5. The number of unbranched alkanes of at least 4 members (excludes halogenated alkanes) is 4. The van der Waals surface area contributed by atoms with Crippen molar-refractivity contribution in [2.24, 2.45) is 11.3 Å². The van der Waals surface area contributed by atoms with Crippen LogP contribution in [0.4, 0.5) is 5.69 Å². The highest BCUT2D eigenvalue weighted by molar-refractivity contribution is 7.09. The SMILES string of the molecule is CCCCCCN(C(=O)CCCC)[C@H](C[C@@H](OCC)c1nc(C(=O)N[C@@H](Cc2ccc(N)cc2)CC(C)(C)C(=O)O)cs1)C(C)C. The Balaban J connectivity index is 2.29. The van der Waals surface area contributed by atoms with Crippen molar-refractivity contribution in [2.45, 2.75) is 131 Å². The van der Waals surface area contributed by atoms with E-state index in [0.29, 0.717) is 36.6 Å². The van der Waals surface area contributed by atoms with Crippen LogP contribution in [-0.2, 0) is 20.7 Å². The van der Waals surface area contributed by atoms with Gasteiger partial charge in [0.25, 0.3) is 5.91 Å². The highest BCUT2D eigenvalue weighted by Gasteiger charge is 2.33. The molecule has 0 spiro atoms. The molecule has 0 aliphatic heterocycles. The molecule has 0 unspecified atom stereocenters. The third-order valence-electron chi connectivity index (χ3n) is 8.47. The summed E-state index contributed by atoms with van der Waals surface area (Å²) in [5.41, 5.74) is 6.67. The molecule has 2 rings (SSSR count). The molecule has 0 bridgehead atoms. The lowest BCUT2D eigenvalue weighted by molar-refractivity contribution is -0.147. The van der Waals surface area contributed by atoms with Crippen molar-refractivity contribution in [2.75, 3.05) is 18.9 Å². The van der Waals surface area contributed by atoms with Crippen LogP contribution in [0, 0.1) is 11.3 Å². The molecule has 1 heterocycles. The van der Waals surface area contributed by atoms with Crippen LogP contribution < -0.4 is 11.1 Å². The molecule has 0 saturated heterocycles. The molecule has 3 atom stereocenters. The number of aromatic nitrogens is 1. The predicted octanol–water partition coefficient (Wildman–Crippen LogP) is 7.66. The quantitative estimate of drug-likeness (QED) is 0.0873. The Morgan fingerprint density at radius 2 is 1.72 bits per heavy atom. The lowest BCUT2D eigenvalue weighted by atomic mass is 9.84. The second kappa shape index (κ2) is 19.6. The van der Waals surface area contributed by atoms with E-state index >= 15 is 0 Å². The van der Waals surface area contributed by atoms with Crippen LogP contribution in [0.25, 0.3) is 0 Å². The van der Waals surface area contributed by atoms with Crippen molar-refractivity contribution in [3.05, 3.63) is 45.9 Å². The predicted molar refractivity (Wildman–Crippen MR) is 187 cm³/mol. The zero-order valence-electron chi connectivity index (χ0n) is 29.1. The minimum Gasteiger partial charge on any atom is -0.481 e. The first-order valence-corrected chi connectivity index (χ1v) is 18.0. The van der Waals surface area contributed by atoms with E-state index in [-0.39, 0.29) is 42.0 Å². The number of nitrogens with zero attached hydrogens (tertiary/aromatic N) is 2. The Morgan fingerprint density at radius 1 is 1.04 bits per heavy atom. The number of ether oxygens (including phenoxy) is 1.